The fourth-order valence-corrected chi connectivity index (χ4v) is 4.15. The maximum Gasteiger partial charge on any atom is 0.0224 e. The van der Waals surface area contributed by atoms with Crippen LogP contribution in [0, 0.1) is 11.8 Å². The minimum atomic E-state index is 0.741. The summed E-state index contributed by atoms with van der Waals surface area (Å²) in [6.45, 7) is 8.41. The van der Waals surface area contributed by atoms with Gasteiger partial charge in [0.1, 0.15) is 0 Å². The van der Waals surface area contributed by atoms with Gasteiger partial charge < -0.3 is 5.32 Å². The summed E-state index contributed by atoms with van der Waals surface area (Å²) in [7, 11) is 0. The zero-order valence-corrected chi connectivity index (χ0v) is 13.7. The smallest absolute Gasteiger partial charge is 0.0224 e. The number of nitrogens with zero attached hydrogens (tertiary/aromatic N) is 1. The van der Waals surface area contributed by atoms with Crippen LogP contribution in [0.1, 0.15) is 38.0 Å². The number of hydrogen-bond acceptors (Lipinski definition) is 3. The lowest BCUT2D eigenvalue weighted by Gasteiger charge is -2.41. The number of piperazine rings is 1. The summed E-state index contributed by atoms with van der Waals surface area (Å²) in [5.41, 5.74) is 0. The van der Waals surface area contributed by atoms with Crippen molar-refractivity contribution in [2.45, 2.75) is 51.6 Å². The highest BCUT2D eigenvalue weighted by Gasteiger charge is 2.36. The number of rotatable bonds is 6. The van der Waals surface area contributed by atoms with Gasteiger partial charge >= 0.3 is 0 Å². The average Bonchev–Trinajstić information content (AvgIpc) is 3.14. The van der Waals surface area contributed by atoms with Gasteiger partial charge in [0, 0.05) is 36.6 Å². The third kappa shape index (κ3) is 3.84. The van der Waals surface area contributed by atoms with Crippen molar-refractivity contribution in [1.82, 2.24) is 10.2 Å². The zero-order chi connectivity index (χ0) is 13.9. The van der Waals surface area contributed by atoms with Crippen molar-refractivity contribution >= 4 is 11.3 Å². The number of hydrogen-bond donors (Lipinski definition) is 1. The van der Waals surface area contributed by atoms with Crippen LogP contribution in [-0.2, 0) is 6.42 Å². The van der Waals surface area contributed by atoms with Gasteiger partial charge in [-0.05, 0) is 49.0 Å². The molecular weight excluding hydrogens is 264 g/mol. The van der Waals surface area contributed by atoms with Crippen LogP contribution in [0.15, 0.2) is 17.5 Å². The maximum atomic E-state index is 3.82. The Morgan fingerprint density at radius 1 is 1.40 bits per heavy atom. The van der Waals surface area contributed by atoms with E-state index in [1.54, 1.807) is 0 Å². The third-order valence-electron chi connectivity index (χ3n) is 4.72. The monoisotopic (exact) mass is 292 g/mol. The highest BCUT2D eigenvalue weighted by Crippen LogP contribution is 2.34. The highest BCUT2D eigenvalue weighted by molar-refractivity contribution is 7.09. The minimum absolute atomic E-state index is 0.741. The van der Waals surface area contributed by atoms with E-state index in [2.05, 4.69) is 41.6 Å². The summed E-state index contributed by atoms with van der Waals surface area (Å²) in [5, 5.41) is 6.02. The van der Waals surface area contributed by atoms with Crippen LogP contribution in [0.3, 0.4) is 0 Å². The molecule has 0 amide bonds. The lowest BCUT2D eigenvalue weighted by molar-refractivity contribution is 0.109. The minimum Gasteiger partial charge on any atom is -0.311 e. The molecule has 3 rings (SSSR count). The predicted molar refractivity (Wildman–Crippen MR) is 87.4 cm³/mol. The molecule has 2 heterocycles. The number of thiophene rings is 1. The molecule has 20 heavy (non-hydrogen) atoms. The van der Waals surface area contributed by atoms with E-state index in [1.807, 2.05) is 11.3 Å². The van der Waals surface area contributed by atoms with E-state index >= 15 is 0 Å². The van der Waals surface area contributed by atoms with Gasteiger partial charge in [-0.25, -0.2) is 0 Å². The third-order valence-corrected chi connectivity index (χ3v) is 5.66. The Morgan fingerprint density at radius 2 is 2.25 bits per heavy atom. The van der Waals surface area contributed by atoms with Gasteiger partial charge in [-0.15, -0.1) is 11.3 Å². The normalized spacial score (nSPS) is 28.1. The van der Waals surface area contributed by atoms with E-state index < -0.39 is 0 Å². The molecule has 1 saturated heterocycles. The fourth-order valence-electron chi connectivity index (χ4n) is 3.46. The Bertz CT molecular complexity index is 397. The van der Waals surface area contributed by atoms with Crippen molar-refractivity contribution in [2.75, 3.05) is 19.6 Å². The lowest BCUT2D eigenvalue weighted by Crippen LogP contribution is -2.57. The Kier molecular flexibility index (Phi) is 4.79. The molecule has 2 unspecified atom stereocenters. The Morgan fingerprint density at radius 3 is 2.90 bits per heavy atom. The second-order valence-electron chi connectivity index (χ2n) is 6.96. The van der Waals surface area contributed by atoms with Crippen LogP contribution < -0.4 is 5.32 Å². The van der Waals surface area contributed by atoms with Gasteiger partial charge in [-0.1, -0.05) is 19.9 Å². The molecule has 2 nitrogen and oxygen atoms in total. The second-order valence-corrected chi connectivity index (χ2v) is 7.99. The van der Waals surface area contributed by atoms with Gasteiger partial charge in [-0.2, -0.15) is 0 Å². The van der Waals surface area contributed by atoms with Crippen molar-refractivity contribution < 1.29 is 0 Å². The molecule has 2 atom stereocenters. The van der Waals surface area contributed by atoms with Crippen LogP contribution >= 0.6 is 11.3 Å². The zero-order valence-electron chi connectivity index (χ0n) is 12.8. The molecule has 1 N–H and O–H groups in total. The van der Waals surface area contributed by atoms with Crippen LogP contribution in [0.2, 0.25) is 0 Å². The van der Waals surface area contributed by atoms with Crippen LogP contribution in [0.25, 0.3) is 0 Å². The van der Waals surface area contributed by atoms with E-state index in [0.717, 1.165) is 23.9 Å². The van der Waals surface area contributed by atoms with Gasteiger partial charge in [0.2, 0.25) is 0 Å². The van der Waals surface area contributed by atoms with Crippen LogP contribution in [0.4, 0.5) is 0 Å². The van der Waals surface area contributed by atoms with Crippen molar-refractivity contribution in [3.05, 3.63) is 22.4 Å². The van der Waals surface area contributed by atoms with Crippen LogP contribution in [0.5, 0.6) is 0 Å². The predicted octanol–water partition coefficient (Wildman–Crippen LogP) is 3.39. The molecule has 1 saturated carbocycles. The molecule has 0 bridgehead atoms. The van der Waals surface area contributed by atoms with Gasteiger partial charge in [0.15, 0.2) is 0 Å². The summed E-state index contributed by atoms with van der Waals surface area (Å²) in [5.74, 6) is 1.77. The molecule has 112 valence electrons. The Balaban J connectivity index is 1.57. The van der Waals surface area contributed by atoms with E-state index in [-0.39, 0.29) is 0 Å². The maximum absolute atomic E-state index is 3.82. The first kappa shape index (κ1) is 14.6. The first-order chi connectivity index (χ1) is 9.72. The first-order valence-electron chi connectivity index (χ1n) is 8.22. The first-order valence-corrected chi connectivity index (χ1v) is 9.10. The molecule has 3 heteroatoms. The summed E-state index contributed by atoms with van der Waals surface area (Å²) in [6.07, 6.45) is 5.45. The number of nitrogens with one attached hydrogen (secondary N) is 1. The molecule has 0 aromatic carbocycles. The summed E-state index contributed by atoms with van der Waals surface area (Å²) < 4.78 is 0. The van der Waals surface area contributed by atoms with Crippen molar-refractivity contribution in [2.24, 2.45) is 11.8 Å². The molecule has 2 fully saturated rings. The van der Waals surface area contributed by atoms with Crippen molar-refractivity contribution in [3.8, 4) is 0 Å². The fraction of sp³-hybridized carbons (Fsp3) is 0.765. The van der Waals surface area contributed by atoms with E-state index in [4.69, 9.17) is 0 Å². The average molecular weight is 292 g/mol. The summed E-state index contributed by atoms with van der Waals surface area (Å²) >= 11 is 1.90. The van der Waals surface area contributed by atoms with Gasteiger partial charge in [0.05, 0.1) is 0 Å². The molecular formula is C17H28N2S. The molecule has 1 aliphatic heterocycles. The SMILES string of the molecule is CC(C)CC1CNC(C2CC2)CN1CCc1cccs1. The lowest BCUT2D eigenvalue weighted by atomic mass is 9.97. The van der Waals surface area contributed by atoms with Gasteiger partial charge in [0.25, 0.3) is 0 Å². The Labute approximate surface area is 127 Å². The van der Waals surface area contributed by atoms with Crippen molar-refractivity contribution in [3.63, 3.8) is 0 Å². The second kappa shape index (κ2) is 6.59. The van der Waals surface area contributed by atoms with Crippen LogP contribution in [-0.4, -0.2) is 36.6 Å². The largest absolute Gasteiger partial charge is 0.311 e. The molecule has 0 spiro atoms. The molecule has 1 aliphatic carbocycles. The molecule has 0 radical (unpaired) electrons. The van der Waals surface area contributed by atoms with E-state index in [1.165, 1.54) is 50.2 Å². The van der Waals surface area contributed by atoms with E-state index in [0.29, 0.717) is 0 Å². The Hall–Kier alpha value is -0.380. The topological polar surface area (TPSA) is 15.3 Å². The standard InChI is InChI=1S/C17H28N2S/c1-13(2)10-15-11-18-17(14-5-6-14)12-19(15)8-7-16-4-3-9-20-16/h3-4,9,13-15,17-18H,5-8,10-12H2,1-2H3. The quantitative estimate of drug-likeness (QED) is 0.864. The highest BCUT2D eigenvalue weighted by atomic mass is 32.1. The summed E-state index contributed by atoms with van der Waals surface area (Å²) in [4.78, 5) is 4.31. The van der Waals surface area contributed by atoms with Crippen molar-refractivity contribution in [1.29, 1.82) is 0 Å². The summed E-state index contributed by atoms with van der Waals surface area (Å²) in [6, 6.07) is 5.96. The molecule has 2 aliphatic rings. The van der Waals surface area contributed by atoms with Gasteiger partial charge in [-0.3, -0.25) is 4.90 Å². The van der Waals surface area contributed by atoms with E-state index in [9.17, 15) is 0 Å². The molecule has 1 aromatic heterocycles. The molecule has 1 aromatic rings.